The van der Waals surface area contributed by atoms with Crippen LogP contribution in [0.25, 0.3) is 5.76 Å². The molecule has 0 bridgehead atoms. The molecule has 1 aliphatic rings. The normalized spacial score (nSPS) is 17.5. The number of ketones is 1. The van der Waals surface area contributed by atoms with Crippen molar-refractivity contribution in [3.63, 3.8) is 0 Å². The van der Waals surface area contributed by atoms with E-state index in [1.54, 1.807) is 63.6 Å². The second kappa shape index (κ2) is 9.57. The van der Waals surface area contributed by atoms with Gasteiger partial charge >= 0.3 is 0 Å². The molecule has 1 aromatic heterocycles. The van der Waals surface area contributed by atoms with E-state index in [9.17, 15) is 14.7 Å². The summed E-state index contributed by atoms with van der Waals surface area (Å²) in [5.74, 6) is 0.707. The summed E-state index contributed by atoms with van der Waals surface area (Å²) in [6, 6.07) is 15.1. The number of ether oxygens (including phenoxy) is 2. The lowest BCUT2D eigenvalue weighted by molar-refractivity contribution is -0.140. The highest BCUT2D eigenvalue weighted by Gasteiger charge is 2.47. The van der Waals surface area contributed by atoms with Gasteiger partial charge in [-0.3, -0.25) is 9.59 Å². The molecule has 1 unspecified atom stereocenters. The summed E-state index contributed by atoms with van der Waals surface area (Å²) in [6.07, 6.45) is 0. The zero-order chi connectivity index (χ0) is 26.2. The van der Waals surface area contributed by atoms with Crippen LogP contribution in [0.1, 0.15) is 55.0 Å². The van der Waals surface area contributed by atoms with Gasteiger partial charge in [0.05, 0.1) is 19.8 Å². The summed E-state index contributed by atoms with van der Waals surface area (Å²) in [6.45, 7) is 8.06. The van der Waals surface area contributed by atoms with E-state index in [0.717, 1.165) is 11.1 Å². The fourth-order valence-electron chi connectivity index (χ4n) is 4.46. The quantitative estimate of drug-likeness (QED) is 0.278. The standard InChI is InChI=1S/C29H31NO6/c1-17-7-13-23(36-17)25-24(26(31)19-10-14-22(35-6)21(15-19)29(2,3)4)27(32)28(33)30(25)16-18-8-11-20(34-5)12-9-18/h7-15,25,31H,16H2,1-6H3/b26-24-. The van der Waals surface area contributed by atoms with Gasteiger partial charge in [0.2, 0.25) is 0 Å². The first-order valence-electron chi connectivity index (χ1n) is 11.7. The fraction of sp³-hybridized carbons (Fsp3) is 0.310. The molecule has 7 nitrogen and oxygen atoms in total. The molecule has 36 heavy (non-hydrogen) atoms. The van der Waals surface area contributed by atoms with Gasteiger partial charge in [0.25, 0.3) is 11.7 Å². The number of methoxy groups -OCH3 is 2. The van der Waals surface area contributed by atoms with Gasteiger partial charge in [-0.2, -0.15) is 0 Å². The summed E-state index contributed by atoms with van der Waals surface area (Å²) >= 11 is 0. The topological polar surface area (TPSA) is 89.2 Å². The van der Waals surface area contributed by atoms with Crippen molar-refractivity contribution in [1.29, 1.82) is 0 Å². The molecule has 7 heteroatoms. The molecule has 1 saturated heterocycles. The van der Waals surface area contributed by atoms with E-state index in [1.807, 2.05) is 32.9 Å². The van der Waals surface area contributed by atoms with Gasteiger partial charge in [-0.15, -0.1) is 0 Å². The van der Waals surface area contributed by atoms with Crippen LogP contribution in [0, 0.1) is 6.92 Å². The Morgan fingerprint density at radius 2 is 1.69 bits per heavy atom. The van der Waals surface area contributed by atoms with E-state index in [2.05, 4.69) is 0 Å². The number of amides is 1. The number of hydrogen-bond donors (Lipinski definition) is 1. The van der Waals surface area contributed by atoms with E-state index in [1.165, 1.54) is 4.90 Å². The fourth-order valence-corrected chi connectivity index (χ4v) is 4.46. The maximum atomic E-state index is 13.3. The molecule has 2 heterocycles. The summed E-state index contributed by atoms with van der Waals surface area (Å²) < 4.78 is 16.6. The minimum Gasteiger partial charge on any atom is -0.507 e. The smallest absolute Gasteiger partial charge is 0.296 e. The van der Waals surface area contributed by atoms with E-state index in [4.69, 9.17) is 13.9 Å². The number of Topliss-reactive ketones (excluding diaryl/α,β-unsaturated/α-hetero) is 1. The number of furan rings is 1. The predicted octanol–water partition coefficient (Wildman–Crippen LogP) is 5.52. The molecule has 188 valence electrons. The Morgan fingerprint density at radius 3 is 2.25 bits per heavy atom. The van der Waals surface area contributed by atoms with Crippen molar-refractivity contribution in [3.05, 3.63) is 88.4 Å². The number of aryl methyl sites for hydroxylation is 1. The van der Waals surface area contributed by atoms with Gasteiger partial charge in [0.1, 0.15) is 34.8 Å². The van der Waals surface area contributed by atoms with Gasteiger partial charge in [-0.25, -0.2) is 0 Å². The molecule has 0 saturated carbocycles. The summed E-state index contributed by atoms with van der Waals surface area (Å²) in [7, 11) is 3.17. The van der Waals surface area contributed by atoms with Gasteiger partial charge < -0.3 is 23.9 Å². The van der Waals surface area contributed by atoms with Crippen molar-refractivity contribution in [1.82, 2.24) is 4.90 Å². The monoisotopic (exact) mass is 489 g/mol. The second-order valence-corrected chi connectivity index (χ2v) is 9.89. The third kappa shape index (κ3) is 4.61. The lowest BCUT2D eigenvalue weighted by atomic mass is 9.84. The molecule has 4 rings (SSSR count). The van der Waals surface area contributed by atoms with Crippen LogP contribution < -0.4 is 9.47 Å². The van der Waals surface area contributed by atoms with Gasteiger partial charge in [-0.1, -0.05) is 32.9 Å². The van der Waals surface area contributed by atoms with Crippen LogP contribution >= 0.6 is 0 Å². The third-order valence-corrected chi connectivity index (χ3v) is 6.36. The predicted molar refractivity (Wildman–Crippen MR) is 136 cm³/mol. The van der Waals surface area contributed by atoms with Gasteiger partial charge in [0.15, 0.2) is 0 Å². The number of aliphatic hydroxyl groups excluding tert-OH is 1. The molecule has 0 radical (unpaired) electrons. The molecule has 1 amide bonds. The zero-order valence-corrected chi connectivity index (χ0v) is 21.4. The first kappa shape index (κ1) is 25.1. The number of hydrogen-bond acceptors (Lipinski definition) is 6. The van der Waals surface area contributed by atoms with Crippen LogP contribution in [0.4, 0.5) is 0 Å². The Labute approximate surface area is 210 Å². The van der Waals surface area contributed by atoms with Crippen LogP contribution in [-0.2, 0) is 21.5 Å². The van der Waals surface area contributed by atoms with Crippen molar-refractivity contribution in [2.75, 3.05) is 14.2 Å². The van der Waals surface area contributed by atoms with Crippen LogP contribution in [0.3, 0.4) is 0 Å². The van der Waals surface area contributed by atoms with Crippen molar-refractivity contribution in [2.45, 2.75) is 45.7 Å². The molecule has 1 aliphatic heterocycles. The van der Waals surface area contributed by atoms with Gasteiger partial charge in [-0.05, 0) is 60.4 Å². The Kier molecular flexibility index (Phi) is 6.67. The highest BCUT2D eigenvalue weighted by molar-refractivity contribution is 6.46. The Hall–Kier alpha value is -4.00. The first-order chi connectivity index (χ1) is 17.0. The van der Waals surface area contributed by atoms with Gasteiger partial charge in [0, 0.05) is 17.7 Å². The van der Waals surface area contributed by atoms with Crippen LogP contribution in [0.15, 0.2) is 64.6 Å². The average molecular weight is 490 g/mol. The molecule has 1 N–H and O–H groups in total. The van der Waals surface area contributed by atoms with Crippen molar-refractivity contribution < 1.29 is 28.6 Å². The zero-order valence-electron chi connectivity index (χ0n) is 21.4. The number of carbonyl (C=O) groups is 2. The molecular formula is C29H31NO6. The van der Waals surface area contributed by atoms with E-state index in [-0.39, 0.29) is 23.3 Å². The molecule has 0 aliphatic carbocycles. The highest BCUT2D eigenvalue weighted by Crippen LogP contribution is 2.42. The van der Waals surface area contributed by atoms with Crippen molar-refractivity contribution >= 4 is 17.4 Å². The lowest BCUT2D eigenvalue weighted by Gasteiger charge is -2.24. The molecule has 0 spiro atoms. The number of nitrogens with zero attached hydrogens (tertiary/aromatic N) is 1. The Balaban J connectivity index is 1.84. The SMILES string of the molecule is COc1ccc(CN2C(=O)C(=O)/C(=C(\O)c3ccc(OC)c(C(C)(C)C)c3)C2c2ccc(C)o2)cc1. The van der Waals surface area contributed by atoms with Crippen LogP contribution in [0.5, 0.6) is 11.5 Å². The van der Waals surface area contributed by atoms with E-state index >= 15 is 0 Å². The minimum absolute atomic E-state index is 0.00659. The maximum Gasteiger partial charge on any atom is 0.296 e. The van der Waals surface area contributed by atoms with Crippen LogP contribution in [-0.4, -0.2) is 35.9 Å². The molecule has 1 fully saturated rings. The molecular weight excluding hydrogens is 458 g/mol. The maximum absolute atomic E-state index is 13.3. The average Bonchev–Trinajstić information content (AvgIpc) is 3.39. The Bertz CT molecular complexity index is 1330. The number of aliphatic hydroxyl groups is 1. The highest BCUT2D eigenvalue weighted by atomic mass is 16.5. The summed E-state index contributed by atoms with van der Waals surface area (Å²) in [5.41, 5.74) is 1.82. The molecule has 3 aromatic rings. The third-order valence-electron chi connectivity index (χ3n) is 6.36. The summed E-state index contributed by atoms with van der Waals surface area (Å²) in [5, 5.41) is 11.4. The summed E-state index contributed by atoms with van der Waals surface area (Å²) in [4.78, 5) is 28.0. The number of benzene rings is 2. The largest absolute Gasteiger partial charge is 0.507 e. The van der Waals surface area contributed by atoms with E-state index in [0.29, 0.717) is 28.6 Å². The minimum atomic E-state index is -0.874. The van der Waals surface area contributed by atoms with Crippen molar-refractivity contribution in [2.24, 2.45) is 0 Å². The van der Waals surface area contributed by atoms with E-state index < -0.39 is 17.7 Å². The van der Waals surface area contributed by atoms with Crippen LogP contribution in [0.2, 0.25) is 0 Å². The second-order valence-electron chi connectivity index (χ2n) is 9.89. The van der Waals surface area contributed by atoms with Crippen molar-refractivity contribution in [3.8, 4) is 11.5 Å². The first-order valence-corrected chi connectivity index (χ1v) is 11.7. The lowest BCUT2D eigenvalue weighted by Crippen LogP contribution is -2.29. The molecule has 1 atom stereocenters. The molecule has 2 aromatic carbocycles. The number of likely N-dealkylation sites (tertiary alicyclic amines) is 1. The number of carbonyl (C=O) groups excluding carboxylic acids is 2. The Morgan fingerprint density at radius 1 is 1.00 bits per heavy atom. The number of rotatable bonds is 6.